The molecule has 0 saturated heterocycles. The summed E-state index contributed by atoms with van der Waals surface area (Å²) < 4.78 is 1.78. The third kappa shape index (κ3) is 2.99. The molecular formula is C15H19ClN2O. The maximum absolute atomic E-state index is 10.8. The lowest BCUT2D eigenvalue weighted by atomic mass is 9.93. The molecule has 102 valence electrons. The molecule has 0 aliphatic rings. The summed E-state index contributed by atoms with van der Waals surface area (Å²) in [5.41, 5.74) is 0.701. The van der Waals surface area contributed by atoms with Gasteiger partial charge in [-0.05, 0) is 26.3 Å². The first-order chi connectivity index (χ1) is 8.92. The van der Waals surface area contributed by atoms with Crippen LogP contribution in [0.15, 0.2) is 36.5 Å². The summed E-state index contributed by atoms with van der Waals surface area (Å²) >= 11 is 6.20. The fourth-order valence-electron chi connectivity index (χ4n) is 2.31. The van der Waals surface area contributed by atoms with E-state index in [1.807, 2.05) is 44.2 Å². The van der Waals surface area contributed by atoms with Crippen LogP contribution in [0, 0.1) is 0 Å². The average molecular weight is 279 g/mol. The molecule has 1 N–H and O–H groups in total. The highest BCUT2D eigenvalue weighted by molar-refractivity contribution is 6.31. The summed E-state index contributed by atoms with van der Waals surface area (Å²) in [6, 6.07) is 10.0. The standard InChI is InChI=1S/C15H19ClN2O/c1-11(2)18-14(13(16)10-17-18)15(3,19)9-12-7-5-4-6-8-12/h4-8,10-11,19H,9H2,1-3H3. The van der Waals surface area contributed by atoms with E-state index in [2.05, 4.69) is 5.10 Å². The van der Waals surface area contributed by atoms with Gasteiger partial charge in [0.15, 0.2) is 0 Å². The normalized spacial score (nSPS) is 14.6. The van der Waals surface area contributed by atoms with Gasteiger partial charge in [0, 0.05) is 12.5 Å². The van der Waals surface area contributed by atoms with Gasteiger partial charge in [0.05, 0.1) is 16.9 Å². The topological polar surface area (TPSA) is 38.0 Å². The van der Waals surface area contributed by atoms with Crippen molar-refractivity contribution in [2.75, 3.05) is 0 Å². The number of benzene rings is 1. The van der Waals surface area contributed by atoms with Gasteiger partial charge >= 0.3 is 0 Å². The Hall–Kier alpha value is -1.32. The van der Waals surface area contributed by atoms with Crippen molar-refractivity contribution in [2.24, 2.45) is 0 Å². The van der Waals surface area contributed by atoms with Gasteiger partial charge < -0.3 is 5.11 Å². The number of rotatable bonds is 4. The second-order valence-corrected chi connectivity index (χ2v) is 5.72. The molecule has 0 spiro atoms. The zero-order valence-electron chi connectivity index (χ0n) is 11.5. The van der Waals surface area contributed by atoms with Crippen molar-refractivity contribution in [3.05, 3.63) is 52.8 Å². The number of hydrogen-bond acceptors (Lipinski definition) is 2. The van der Waals surface area contributed by atoms with E-state index in [1.54, 1.807) is 17.8 Å². The average Bonchev–Trinajstić information content (AvgIpc) is 2.73. The second kappa shape index (κ2) is 5.35. The summed E-state index contributed by atoms with van der Waals surface area (Å²) in [6.45, 7) is 5.82. The van der Waals surface area contributed by atoms with Gasteiger partial charge in [-0.3, -0.25) is 4.68 Å². The number of halogens is 1. The van der Waals surface area contributed by atoms with E-state index >= 15 is 0 Å². The van der Waals surface area contributed by atoms with E-state index in [4.69, 9.17) is 11.6 Å². The minimum atomic E-state index is -1.04. The highest BCUT2D eigenvalue weighted by Gasteiger charge is 2.31. The first-order valence-electron chi connectivity index (χ1n) is 6.41. The van der Waals surface area contributed by atoms with Crippen LogP contribution in [0.25, 0.3) is 0 Å². The Bertz CT molecular complexity index is 547. The van der Waals surface area contributed by atoms with Crippen molar-refractivity contribution < 1.29 is 5.11 Å². The predicted octanol–water partition coefficient (Wildman–Crippen LogP) is 3.57. The Labute approximate surface area is 118 Å². The van der Waals surface area contributed by atoms with E-state index in [-0.39, 0.29) is 6.04 Å². The van der Waals surface area contributed by atoms with Crippen molar-refractivity contribution >= 4 is 11.6 Å². The molecule has 1 unspecified atom stereocenters. The van der Waals surface area contributed by atoms with Crippen LogP contribution < -0.4 is 0 Å². The van der Waals surface area contributed by atoms with Gasteiger partial charge in [-0.2, -0.15) is 5.10 Å². The van der Waals surface area contributed by atoms with Crippen molar-refractivity contribution in [1.29, 1.82) is 0 Å². The summed E-state index contributed by atoms with van der Waals surface area (Å²) in [4.78, 5) is 0. The molecule has 0 fully saturated rings. The van der Waals surface area contributed by atoms with Gasteiger partial charge in [0.2, 0.25) is 0 Å². The van der Waals surface area contributed by atoms with Crippen LogP contribution in [0.4, 0.5) is 0 Å². The zero-order chi connectivity index (χ0) is 14.0. The zero-order valence-corrected chi connectivity index (χ0v) is 12.2. The summed E-state index contributed by atoms with van der Waals surface area (Å²) in [5.74, 6) is 0. The third-order valence-electron chi connectivity index (χ3n) is 3.14. The molecular weight excluding hydrogens is 260 g/mol. The summed E-state index contributed by atoms with van der Waals surface area (Å²) in [7, 11) is 0. The highest BCUT2D eigenvalue weighted by Crippen LogP contribution is 2.32. The number of aliphatic hydroxyl groups is 1. The molecule has 1 atom stereocenters. The van der Waals surface area contributed by atoms with E-state index in [0.29, 0.717) is 17.1 Å². The van der Waals surface area contributed by atoms with Crippen LogP contribution in [0.3, 0.4) is 0 Å². The smallest absolute Gasteiger partial charge is 0.109 e. The molecule has 0 aliphatic carbocycles. The van der Waals surface area contributed by atoms with E-state index < -0.39 is 5.60 Å². The molecule has 0 saturated carbocycles. The van der Waals surface area contributed by atoms with Crippen LogP contribution in [0.2, 0.25) is 5.02 Å². The third-order valence-corrected chi connectivity index (χ3v) is 3.42. The molecule has 3 nitrogen and oxygen atoms in total. The molecule has 1 aromatic heterocycles. The van der Waals surface area contributed by atoms with E-state index in [9.17, 15) is 5.11 Å². The van der Waals surface area contributed by atoms with Gasteiger partial charge in [0.25, 0.3) is 0 Å². The van der Waals surface area contributed by atoms with Crippen LogP contribution >= 0.6 is 11.6 Å². The lowest BCUT2D eigenvalue weighted by molar-refractivity contribution is 0.0467. The fraction of sp³-hybridized carbons (Fsp3) is 0.400. The maximum Gasteiger partial charge on any atom is 0.109 e. The second-order valence-electron chi connectivity index (χ2n) is 5.32. The van der Waals surface area contributed by atoms with Crippen LogP contribution in [0.5, 0.6) is 0 Å². The first-order valence-corrected chi connectivity index (χ1v) is 6.79. The Morgan fingerprint density at radius 1 is 1.32 bits per heavy atom. The SMILES string of the molecule is CC(C)n1ncc(Cl)c1C(C)(O)Cc1ccccc1. The molecule has 1 heterocycles. The van der Waals surface area contributed by atoms with E-state index in [0.717, 1.165) is 5.56 Å². The molecule has 0 amide bonds. The van der Waals surface area contributed by atoms with Crippen LogP contribution in [-0.4, -0.2) is 14.9 Å². The van der Waals surface area contributed by atoms with Gasteiger partial charge in [0.1, 0.15) is 5.60 Å². The highest BCUT2D eigenvalue weighted by atomic mass is 35.5. The Kier molecular flexibility index (Phi) is 3.97. The Morgan fingerprint density at radius 2 is 1.95 bits per heavy atom. The van der Waals surface area contributed by atoms with Crippen molar-refractivity contribution in [2.45, 2.75) is 38.8 Å². The number of aromatic nitrogens is 2. The van der Waals surface area contributed by atoms with Gasteiger partial charge in [-0.25, -0.2) is 0 Å². The number of nitrogens with zero attached hydrogens (tertiary/aromatic N) is 2. The van der Waals surface area contributed by atoms with E-state index in [1.165, 1.54) is 0 Å². The summed E-state index contributed by atoms with van der Waals surface area (Å²) in [6.07, 6.45) is 2.10. The Balaban J connectivity index is 2.36. The largest absolute Gasteiger partial charge is 0.383 e. The van der Waals surface area contributed by atoms with Crippen molar-refractivity contribution in [3.63, 3.8) is 0 Å². The molecule has 4 heteroatoms. The number of hydrogen-bond donors (Lipinski definition) is 1. The molecule has 0 aliphatic heterocycles. The lowest BCUT2D eigenvalue weighted by Crippen LogP contribution is -2.29. The molecule has 0 bridgehead atoms. The minimum absolute atomic E-state index is 0.157. The maximum atomic E-state index is 10.8. The van der Waals surface area contributed by atoms with Crippen LogP contribution in [-0.2, 0) is 12.0 Å². The molecule has 2 rings (SSSR count). The monoisotopic (exact) mass is 278 g/mol. The quantitative estimate of drug-likeness (QED) is 0.928. The molecule has 1 aromatic carbocycles. The van der Waals surface area contributed by atoms with Gasteiger partial charge in [-0.1, -0.05) is 41.9 Å². The van der Waals surface area contributed by atoms with Crippen LogP contribution in [0.1, 0.15) is 38.1 Å². The van der Waals surface area contributed by atoms with Gasteiger partial charge in [-0.15, -0.1) is 0 Å². The fourth-order valence-corrected chi connectivity index (χ4v) is 2.65. The lowest BCUT2D eigenvalue weighted by Gasteiger charge is -2.26. The predicted molar refractivity (Wildman–Crippen MR) is 77.3 cm³/mol. The molecule has 19 heavy (non-hydrogen) atoms. The summed E-state index contributed by atoms with van der Waals surface area (Å²) in [5, 5.41) is 15.6. The molecule has 0 radical (unpaired) electrons. The first kappa shape index (κ1) is 14.1. The molecule has 2 aromatic rings. The Morgan fingerprint density at radius 3 is 2.53 bits per heavy atom. The minimum Gasteiger partial charge on any atom is -0.383 e. The van der Waals surface area contributed by atoms with Crippen molar-refractivity contribution in [1.82, 2.24) is 9.78 Å². The van der Waals surface area contributed by atoms with Crippen molar-refractivity contribution in [3.8, 4) is 0 Å².